The maximum atomic E-state index is 11.6. The molecular formula is C17H14O8. The average Bonchev–Trinajstić information content (AvgIpc) is 2.63. The van der Waals surface area contributed by atoms with Crippen LogP contribution in [-0.4, -0.2) is 32.5 Å². The summed E-state index contributed by atoms with van der Waals surface area (Å²) in [5.74, 6) is -0.955. The summed E-state index contributed by atoms with van der Waals surface area (Å²) >= 11 is 0. The largest absolute Gasteiger partial charge is 0.513 e. The third-order valence-corrected chi connectivity index (χ3v) is 3.01. The summed E-state index contributed by atoms with van der Waals surface area (Å²) in [6.07, 6.45) is -1.06. The molecule has 0 saturated heterocycles. The van der Waals surface area contributed by atoms with Crippen LogP contribution in [-0.2, 0) is 14.3 Å². The fraction of sp³-hybridized carbons (Fsp3) is 0.118. The number of hydrogen-bond donors (Lipinski definition) is 0. The zero-order valence-electron chi connectivity index (χ0n) is 13.4. The van der Waals surface area contributed by atoms with Crippen LogP contribution in [0.3, 0.4) is 0 Å². The number of benzene rings is 2. The molecule has 130 valence electrons. The van der Waals surface area contributed by atoms with Crippen LogP contribution in [0.1, 0.15) is 0 Å². The van der Waals surface area contributed by atoms with E-state index in [2.05, 4.69) is 16.1 Å². The molecular weight excluding hydrogens is 332 g/mol. The van der Waals surface area contributed by atoms with Crippen molar-refractivity contribution in [1.82, 2.24) is 0 Å². The van der Waals surface area contributed by atoms with Crippen molar-refractivity contribution < 1.29 is 38.1 Å². The van der Waals surface area contributed by atoms with Crippen molar-refractivity contribution in [3.63, 3.8) is 0 Å². The van der Waals surface area contributed by atoms with Gasteiger partial charge in [-0.05, 0) is 0 Å². The Bertz CT molecular complexity index is 840. The van der Waals surface area contributed by atoms with Gasteiger partial charge in [-0.25, -0.2) is 14.4 Å². The number of ether oxygens (including phenoxy) is 5. The highest BCUT2D eigenvalue weighted by Crippen LogP contribution is 2.42. The van der Waals surface area contributed by atoms with E-state index in [1.165, 1.54) is 6.07 Å². The molecule has 0 spiro atoms. The molecule has 0 aromatic heterocycles. The lowest BCUT2D eigenvalue weighted by molar-refractivity contribution is -0.129. The Hall–Kier alpha value is -3.55. The molecule has 8 nitrogen and oxygen atoms in total. The molecule has 0 fully saturated rings. The number of carbonyl (C=O) groups excluding carboxylic acids is 3. The molecule has 0 aliphatic heterocycles. The lowest BCUT2D eigenvalue weighted by Gasteiger charge is -2.14. The average molecular weight is 346 g/mol. The highest BCUT2D eigenvalue weighted by molar-refractivity contribution is 5.99. The number of hydrogen-bond acceptors (Lipinski definition) is 8. The van der Waals surface area contributed by atoms with E-state index in [1.54, 1.807) is 24.3 Å². The minimum atomic E-state index is -1.05. The SMILES string of the molecule is C=CC(=O)Oc1c(OC(=O)OC)cc(OC(=O)OC)c2ccccc12. The third-order valence-electron chi connectivity index (χ3n) is 3.01. The molecule has 0 aliphatic carbocycles. The van der Waals surface area contributed by atoms with Crippen molar-refractivity contribution in [3.8, 4) is 17.2 Å². The molecule has 0 N–H and O–H groups in total. The predicted octanol–water partition coefficient (Wildman–Crippen LogP) is 3.22. The Kier molecular flexibility index (Phi) is 5.57. The summed E-state index contributed by atoms with van der Waals surface area (Å²) < 4.78 is 24.1. The van der Waals surface area contributed by atoms with Crippen LogP contribution in [0.2, 0.25) is 0 Å². The fourth-order valence-electron chi connectivity index (χ4n) is 1.96. The summed E-state index contributed by atoms with van der Waals surface area (Å²) in [4.78, 5) is 34.5. The van der Waals surface area contributed by atoms with Crippen LogP contribution in [0.5, 0.6) is 17.2 Å². The van der Waals surface area contributed by atoms with E-state index in [0.717, 1.165) is 20.3 Å². The minimum Gasteiger partial charge on any atom is -0.437 e. The van der Waals surface area contributed by atoms with Crippen molar-refractivity contribution in [2.75, 3.05) is 14.2 Å². The number of methoxy groups -OCH3 is 2. The molecule has 8 heteroatoms. The highest BCUT2D eigenvalue weighted by Gasteiger charge is 2.21. The second-order valence-corrected chi connectivity index (χ2v) is 4.49. The van der Waals surface area contributed by atoms with Gasteiger partial charge in [0, 0.05) is 22.9 Å². The number of fused-ring (bicyclic) bond motifs is 1. The molecule has 0 aliphatic rings. The zero-order valence-corrected chi connectivity index (χ0v) is 13.4. The Morgan fingerprint density at radius 1 is 0.880 bits per heavy atom. The second kappa shape index (κ2) is 7.82. The van der Waals surface area contributed by atoms with Gasteiger partial charge in [0.1, 0.15) is 5.75 Å². The maximum Gasteiger partial charge on any atom is 0.513 e. The quantitative estimate of drug-likeness (QED) is 0.360. The topological polar surface area (TPSA) is 97.4 Å². The van der Waals surface area contributed by atoms with E-state index in [-0.39, 0.29) is 17.2 Å². The molecule has 0 heterocycles. The second-order valence-electron chi connectivity index (χ2n) is 4.49. The molecule has 0 bridgehead atoms. The third kappa shape index (κ3) is 4.05. The molecule has 25 heavy (non-hydrogen) atoms. The first kappa shape index (κ1) is 17.8. The predicted molar refractivity (Wildman–Crippen MR) is 85.8 cm³/mol. The van der Waals surface area contributed by atoms with E-state index in [4.69, 9.17) is 14.2 Å². The van der Waals surface area contributed by atoms with Gasteiger partial charge in [0.25, 0.3) is 0 Å². The Morgan fingerprint density at radius 3 is 2.00 bits per heavy atom. The van der Waals surface area contributed by atoms with Gasteiger partial charge in [0.15, 0.2) is 11.5 Å². The van der Waals surface area contributed by atoms with Crippen molar-refractivity contribution in [2.45, 2.75) is 0 Å². The van der Waals surface area contributed by atoms with Crippen LogP contribution in [0.25, 0.3) is 10.8 Å². The smallest absolute Gasteiger partial charge is 0.437 e. The zero-order chi connectivity index (χ0) is 18.4. The molecule has 2 rings (SSSR count). The van der Waals surface area contributed by atoms with Gasteiger partial charge in [0.2, 0.25) is 0 Å². The minimum absolute atomic E-state index is 0.0414. The van der Waals surface area contributed by atoms with Crippen molar-refractivity contribution in [3.05, 3.63) is 43.0 Å². The van der Waals surface area contributed by atoms with E-state index in [1.807, 2.05) is 0 Å². The highest BCUT2D eigenvalue weighted by atomic mass is 16.7. The maximum absolute atomic E-state index is 11.6. The summed E-state index contributed by atoms with van der Waals surface area (Å²) in [7, 11) is 2.27. The molecule has 0 saturated carbocycles. The van der Waals surface area contributed by atoms with Crippen molar-refractivity contribution in [1.29, 1.82) is 0 Å². The van der Waals surface area contributed by atoms with Gasteiger partial charge < -0.3 is 23.7 Å². The van der Waals surface area contributed by atoms with Gasteiger partial charge in [0.05, 0.1) is 14.2 Å². The molecule has 0 radical (unpaired) electrons. The van der Waals surface area contributed by atoms with Crippen LogP contribution < -0.4 is 14.2 Å². The van der Waals surface area contributed by atoms with Crippen LogP contribution in [0.4, 0.5) is 9.59 Å². The van der Waals surface area contributed by atoms with E-state index >= 15 is 0 Å². The van der Waals surface area contributed by atoms with Crippen molar-refractivity contribution in [2.24, 2.45) is 0 Å². The first-order chi connectivity index (χ1) is 12.0. The first-order valence-electron chi connectivity index (χ1n) is 6.91. The van der Waals surface area contributed by atoms with E-state index in [0.29, 0.717) is 10.8 Å². The molecule has 2 aromatic carbocycles. The standard InChI is InChI=1S/C17H14O8/c1-4-14(18)25-15-11-8-6-5-7-10(11)12(23-16(19)21-2)9-13(15)24-17(20)22-3/h4-9H,1H2,2-3H3. The molecule has 2 aromatic rings. The fourth-order valence-corrected chi connectivity index (χ4v) is 1.96. The number of rotatable bonds is 4. The van der Waals surface area contributed by atoms with Gasteiger partial charge >= 0.3 is 18.3 Å². The first-order valence-corrected chi connectivity index (χ1v) is 6.91. The monoisotopic (exact) mass is 346 g/mol. The lowest BCUT2D eigenvalue weighted by atomic mass is 10.1. The summed E-state index contributed by atoms with van der Waals surface area (Å²) in [6, 6.07) is 7.78. The Balaban J connectivity index is 2.68. The Labute approximate surface area is 142 Å². The Morgan fingerprint density at radius 2 is 1.44 bits per heavy atom. The van der Waals surface area contributed by atoms with Gasteiger partial charge in [-0.1, -0.05) is 30.8 Å². The van der Waals surface area contributed by atoms with Crippen LogP contribution in [0, 0.1) is 0 Å². The summed E-state index contributed by atoms with van der Waals surface area (Å²) in [5, 5.41) is 0.787. The van der Waals surface area contributed by atoms with E-state index in [9.17, 15) is 14.4 Å². The van der Waals surface area contributed by atoms with Crippen LogP contribution in [0.15, 0.2) is 43.0 Å². The molecule has 0 atom stereocenters. The van der Waals surface area contributed by atoms with Gasteiger partial charge in [-0.15, -0.1) is 0 Å². The summed E-state index contributed by atoms with van der Waals surface area (Å²) in [6.45, 7) is 3.32. The molecule has 0 unspecified atom stereocenters. The molecule has 0 amide bonds. The summed E-state index contributed by atoms with van der Waals surface area (Å²) in [5.41, 5.74) is 0. The normalized spacial score (nSPS) is 9.84. The number of carbonyl (C=O) groups is 3. The van der Waals surface area contributed by atoms with Gasteiger partial charge in [-0.3, -0.25) is 0 Å². The van der Waals surface area contributed by atoms with E-state index < -0.39 is 18.3 Å². The lowest BCUT2D eigenvalue weighted by Crippen LogP contribution is -2.12. The number of esters is 1. The van der Waals surface area contributed by atoms with Crippen LogP contribution >= 0.6 is 0 Å². The van der Waals surface area contributed by atoms with Crippen molar-refractivity contribution >= 4 is 29.1 Å². The van der Waals surface area contributed by atoms with Gasteiger partial charge in [-0.2, -0.15) is 0 Å².